The van der Waals surface area contributed by atoms with Crippen molar-refractivity contribution in [3.05, 3.63) is 40.4 Å². The number of carbonyl (C=O) groups excluding carboxylic acids is 1. The van der Waals surface area contributed by atoms with Crippen LogP contribution in [0, 0.1) is 0 Å². The van der Waals surface area contributed by atoms with Gasteiger partial charge in [-0.3, -0.25) is 4.79 Å². The Kier molecular flexibility index (Phi) is 4.07. The van der Waals surface area contributed by atoms with E-state index in [0.29, 0.717) is 10.7 Å². The Morgan fingerprint density at radius 2 is 2.17 bits per heavy atom. The number of hydrogen-bond donors (Lipinski definition) is 1. The molecule has 2 rings (SSSR count). The van der Waals surface area contributed by atoms with Crippen molar-refractivity contribution in [3.63, 3.8) is 0 Å². The molecule has 0 saturated heterocycles. The first-order valence-corrected chi connectivity index (χ1v) is 6.42. The summed E-state index contributed by atoms with van der Waals surface area (Å²) < 4.78 is 0. The van der Waals surface area contributed by atoms with E-state index in [4.69, 9.17) is 11.6 Å². The van der Waals surface area contributed by atoms with Gasteiger partial charge in [-0.2, -0.15) is 5.10 Å². The van der Waals surface area contributed by atoms with Gasteiger partial charge >= 0.3 is 0 Å². The van der Waals surface area contributed by atoms with Crippen LogP contribution in [-0.2, 0) is 4.79 Å². The van der Waals surface area contributed by atoms with Crippen LogP contribution < -0.4 is 5.43 Å². The molecule has 1 aromatic carbocycles. The molecular formula is C12H10ClN3OS. The maximum atomic E-state index is 10.6. The summed E-state index contributed by atoms with van der Waals surface area (Å²) in [6, 6.07) is 7.47. The zero-order valence-corrected chi connectivity index (χ0v) is 11.1. The van der Waals surface area contributed by atoms with Crippen LogP contribution >= 0.6 is 22.9 Å². The first kappa shape index (κ1) is 12.7. The van der Waals surface area contributed by atoms with Crippen LogP contribution in [0.4, 0.5) is 0 Å². The second-order valence-electron chi connectivity index (χ2n) is 3.51. The van der Waals surface area contributed by atoms with Crippen molar-refractivity contribution in [1.29, 1.82) is 0 Å². The van der Waals surface area contributed by atoms with Gasteiger partial charge in [0.25, 0.3) is 0 Å². The second kappa shape index (κ2) is 5.75. The lowest BCUT2D eigenvalue weighted by atomic mass is 10.2. The molecule has 0 aliphatic carbocycles. The van der Waals surface area contributed by atoms with E-state index < -0.39 is 0 Å². The van der Waals surface area contributed by atoms with Crippen LogP contribution in [0.2, 0.25) is 5.02 Å². The minimum absolute atomic E-state index is 0.209. The molecule has 0 bridgehead atoms. The zero-order chi connectivity index (χ0) is 13.0. The zero-order valence-electron chi connectivity index (χ0n) is 9.55. The smallest absolute Gasteiger partial charge is 0.236 e. The van der Waals surface area contributed by atoms with E-state index in [-0.39, 0.29) is 5.91 Å². The Balaban J connectivity index is 2.12. The summed E-state index contributed by atoms with van der Waals surface area (Å²) in [6.07, 6.45) is 1.51. The Morgan fingerprint density at radius 1 is 1.44 bits per heavy atom. The van der Waals surface area contributed by atoms with Crippen molar-refractivity contribution < 1.29 is 4.79 Å². The average molecular weight is 280 g/mol. The molecule has 18 heavy (non-hydrogen) atoms. The highest BCUT2D eigenvalue weighted by molar-refractivity contribution is 7.13. The monoisotopic (exact) mass is 279 g/mol. The minimum Gasteiger partial charge on any atom is -0.274 e. The Bertz CT molecular complexity index is 577. The molecule has 0 saturated carbocycles. The number of nitrogens with zero attached hydrogens (tertiary/aromatic N) is 2. The molecule has 1 aromatic heterocycles. The van der Waals surface area contributed by atoms with E-state index in [0.717, 1.165) is 10.6 Å². The summed E-state index contributed by atoms with van der Waals surface area (Å²) in [6.45, 7) is 1.40. The number of carbonyl (C=O) groups is 1. The van der Waals surface area contributed by atoms with Gasteiger partial charge in [0, 0.05) is 22.9 Å². The Labute approximate surface area is 113 Å². The highest BCUT2D eigenvalue weighted by Crippen LogP contribution is 2.24. The standard InChI is InChI=1S/C12H10ClN3OS/c1-8(17)16-14-6-11-7-18-12(15-11)9-2-4-10(13)5-3-9/h2-7H,1H3,(H,16,17)/b14-6-. The maximum Gasteiger partial charge on any atom is 0.236 e. The van der Waals surface area contributed by atoms with Gasteiger partial charge in [0.15, 0.2) is 0 Å². The summed E-state index contributed by atoms with van der Waals surface area (Å²) in [5, 5.41) is 7.21. The molecule has 6 heteroatoms. The first-order valence-electron chi connectivity index (χ1n) is 5.16. The fourth-order valence-electron chi connectivity index (χ4n) is 1.26. The molecule has 92 valence electrons. The van der Waals surface area contributed by atoms with E-state index >= 15 is 0 Å². The topological polar surface area (TPSA) is 54.4 Å². The van der Waals surface area contributed by atoms with Gasteiger partial charge in [-0.05, 0) is 12.1 Å². The third kappa shape index (κ3) is 3.38. The predicted molar refractivity (Wildman–Crippen MR) is 74.0 cm³/mol. The SMILES string of the molecule is CC(=O)N/N=C\c1csc(-c2ccc(Cl)cc2)n1. The molecule has 1 heterocycles. The number of aromatic nitrogens is 1. The van der Waals surface area contributed by atoms with Crippen LogP contribution in [0.1, 0.15) is 12.6 Å². The van der Waals surface area contributed by atoms with Gasteiger partial charge in [0.1, 0.15) is 5.01 Å². The van der Waals surface area contributed by atoms with E-state index in [1.807, 2.05) is 29.6 Å². The molecule has 0 aliphatic heterocycles. The van der Waals surface area contributed by atoms with Crippen LogP contribution in [0.3, 0.4) is 0 Å². The molecule has 0 radical (unpaired) electrons. The average Bonchev–Trinajstić information content (AvgIpc) is 2.78. The van der Waals surface area contributed by atoms with Crippen molar-refractivity contribution in [2.75, 3.05) is 0 Å². The maximum absolute atomic E-state index is 10.6. The number of amides is 1. The lowest BCUT2D eigenvalue weighted by Gasteiger charge is -1.95. The van der Waals surface area contributed by atoms with E-state index in [1.165, 1.54) is 24.5 Å². The molecule has 0 fully saturated rings. The minimum atomic E-state index is -0.209. The van der Waals surface area contributed by atoms with E-state index in [9.17, 15) is 4.79 Å². The van der Waals surface area contributed by atoms with Crippen molar-refractivity contribution in [1.82, 2.24) is 10.4 Å². The fraction of sp³-hybridized carbons (Fsp3) is 0.0833. The quantitative estimate of drug-likeness (QED) is 0.694. The van der Waals surface area contributed by atoms with Crippen molar-refractivity contribution in [2.45, 2.75) is 6.92 Å². The summed E-state index contributed by atoms with van der Waals surface area (Å²) in [7, 11) is 0. The van der Waals surface area contributed by atoms with Gasteiger partial charge in [0.2, 0.25) is 5.91 Å². The lowest BCUT2D eigenvalue weighted by molar-refractivity contribution is -0.118. The predicted octanol–water partition coefficient (Wildman–Crippen LogP) is 2.93. The Morgan fingerprint density at radius 3 is 2.83 bits per heavy atom. The summed E-state index contributed by atoms with van der Waals surface area (Å²) in [5.74, 6) is -0.209. The molecule has 4 nitrogen and oxygen atoms in total. The second-order valence-corrected chi connectivity index (χ2v) is 4.81. The van der Waals surface area contributed by atoms with Gasteiger partial charge in [-0.15, -0.1) is 11.3 Å². The van der Waals surface area contributed by atoms with Crippen LogP contribution in [0.15, 0.2) is 34.7 Å². The number of hydrogen-bond acceptors (Lipinski definition) is 4. The van der Waals surface area contributed by atoms with E-state index in [2.05, 4.69) is 15.5 Å². The number of halogens is 1. The number of nitrogens with one attached hydrogen (secondary N) is 1. The Hall–Kier alpha value is -1.72. The highest BCUT2D eigenvalue weighted by Gasteiger charge is 2.03. The van der Waals surface area contributed by atoms with Crippen molar-refractivity contribution in [2.24, 2.45) is 5.10 Å². The van der Waals surface area contributed by atoms with E-state index in [1.54, 1.807) is 0 Å². The normalized spacial score (nSPS) is 10.8. The molecule has 1 N–H and O–H groups in total. The van der Waals surface area contributed by atoms with Gasteiger partial charge < -0.3 is 0 Å². The molecule has 0 unspecified atom stereocenters. The molecule has 0 spiro atoms. The molecule has 0 aliphatic rings. The fourth-order valence-corrected chi connectivity index (χ4v) is 2.16. The summed E-state index contributed by atoms with van der Waals surface area (Å²) in [5.41, 5.74) is 4.04. The largest absolute Gasteiger partial charge is 0.274 e. The van der Waals surface area contributed by atoms with Crippen LogP contribution in [0.25, 0.3) is 10.6 Å². The lowest BCUT2D eigenvalue weighted by Crippen LogP contribution is -2.12. The van der Waals surface area contributed by atoms with Gasteiger partial charge in [0.05, 0.1) is 11.9 Å². The number of benzene rings is 1. The van der Waals surface area contributed by atoms with Crippen molar-refractivity contribution >= 4 is 35.1 Å². The molecule has 1 amide bonds. The van der Waals surface area contributed by atoms with Crippen LogP contribution in [0.5, 0.6) is 0 Å². The molecular weight excluding hydrogens is 270 g/mol. The van der Waals surface area contributed by atoms with Crippen molar-refractivity contribution in [3.8, 4) is 10.6 Å². The molecule has 0 atom stereocenters. The number of thiazole rings is 1. The molecule has 2 aromatic rings. The van der Waals surface area contributed by atoms with Gasteiger partial charge in [-0.1, -0.05) is 23.7 Å². The highest BCUT2D eigenvalue weighted by atomic mass is 35.5. The third-order valence-corrected chi connectivity index (χ3v) is 3.19. The third-order valence-electron chi connectivity index (χ3n) is 2.03. The number of rotatable bonds is 3. The first-order chi connectivity index (χ1) is 8.65. The number of hydrazone groups is 1. The summed E-state index contributed by atoms with van der Waals surface area (Å²) >= 11 is 7.33. The van der Waals surface area contributed by atoms with Crippen LogP contribution in [-0.4, -0.2) is 17.1 Å². The summed E-state index contributed by atoms with van der Waals surface area (Å²) in [4.78, 5) is 15.0. The van der Waals surface area contributed by atoms with Gasteiger partial charge in [-0.25, -0.2) is 10.4 Å².